The van der Waals surface area contributed by atoms with E-state index in [2.05, 4.69) is 48.6 Å². The van der Waals surface area contributed by atoms with E-state index in [4.69, 9.17) is 0 Å². The van der Waals surface area contributed by atoms with Crippen LogP contribution in [0.25, 0.3) is 0 Å². The molecule has 3 N–H and O–H groups in total. The number of hydrogen-bond donors (Lipinski definition) is 3. The van der Waals surface area contributed by atoms with Crippen molar-refractivity contribution in [1.82, 2.24) is 16.0 Å². The number of carbonyl (C=O) groups is 1. The quantitative estimate of drug-likeness (QED) is 0.316. The van der Waals surface area contributed by atoms with Crippen LogP contribution in [0.15, 0.2) is 29.3 Å². The normalized spacial score (nSPS) is 12.3. The van der Waals surface area contributed by atoms with E-state index in [9.17, 15) is 4.79 Å². The first-order chi connectivity index (χ1) is 11.5. The summed E-state index contributed by atoms with van der Waals surface area (Å²) in [5.74, 6) is 1.31. The van der Waals surface area contributed by atoms with Crippen molar-refractivity contribution in [2.24, 2.45) is 10.9 Å². The fraction of sp³-hybridized carbons (Fsp3) is 0.579. The smallest absolute Gasteiger partial charge is 0.251 e. The van der Waals surface area contributed by atoms with Crippen molar-refractivity contribution in [1.29, 1.82) is 0 Å². The Bertz CT molecular complexity index is 546. The number of nitrogens with zero attached hydrogens (tertiary/aromatic N) is 1. The van der Waals surface area contributed by atoms with E-state index < -0.39 is 0 Å². The number of benzene rings is 1. The van der Waals surface area contributed by atoms with Crippen molar-refractivity contribution in [3.8, 4) is 0 Å². The molecule has 0 bridgehead atoms. The fourth-order valence-electron chi connectivity index (χ4n) is 2.02. The molecule has 0 saturated carbocycles. The van der Waals surface area contributed by atoms with Gasteiger partial charge in [-0.2, -0.15) is 0 Å². The predicted octanol–water partition coefficient (Wildman–Crippen LogP) is 3.54. The van der Waals surface area contributed by atoms with Crippen LogP contribution in [0.2, 0.25) is 0 Å². The summed E-state index contributed by atoms with van der Waals surface area (Å²) in [5, 5.41) is 9.58. The second-order valence-electron chi connectivity index (χ2n) is 6.33. The summed E-state index contributed by atoms with van der Waals surface area (Å²) in [7, 11) is 0. The molecular formula is C19H33IN4O. The van der Waals surface area contributed by atoms with Crippen LogP contribution in [0.3, 0.4) is 0 Å². The molecule has 142 valence electrons. The topological polar surface area (TPSA) is 65.5 Å². The molecule has 1 amide bonds. The van der Waals surface area contributed by atoms with Crippen LogP contribution in [0, 0.1) is 5.92 Å². The van der Waals surface area contributed by atoms with Gasteiger partial charge in [-0.1, -0.05) is 32.9 Å². The number of guanidine groups is 1. The Labute approximate surface area is 169 Å². The highest BCUT2D eigenvalue weighted by atomic mass is 127. The van der Waals surface area contributed by atoms with Gasteiger partial charge in [0.05, 0.1) is 6.54 Å². The van der Waals surface area contributed by atoms with Gasteiger partial charge in [0.15, 0.2) is 5.96 Å². The number of hydrogen-bond acceptors (Lipinski definition) is 2. The molecule has 1 aromatic rings. The van der Waals surface area contributed by atoms with E-state index in [1.54, 1.807) is 0 Å². The van der Waals surface area contributed by atoms with Crippen LogP contribution in [-0.2, 0) is 6.54 Å². The van der Waals surface area contributed by atoms with Crippen molar-refractivity contribution < 1.29 is 4.79 Å². The second kappa shape index (κ2) is 13.0. The maximum absolute atomic E-state index is 12.0. The molecule has 1 unspecified atom stereocenters. The number of halogens is 1. The molecule has 0 saturated heterocycles. The highest BCUT2D eigenvalue weighted by Crippen LogP contribution is 2.07. The van der Waals surface area contributed by atoms with Gasteiger partial charge in [-0.3, -0.25) is 4.79 Å². The number of amides is 1. The second-order valence-corrected chi connectivity index (χ2v) is 6.33. The van der Waals surface area contributed by atoms with Crippen LogP contribution in [0.1, 0.15) is 57.0 Å². The molecule has 6 heteroatoms. The lowest BCUT2D eigenvalue weighted by molar-refractivity contribution is 0.0953. The Morgan fingerprint density at radius 3 is 2.48 bits per heavy atom. The summed E-state index contributed by atoms with van der Waals surface area (Å²) in [4.78, 5) is 16.7. The SMILES string of the molecule is CCCNC(=O)c1cccc(CN=C(NCC)NC(C)C(C)C)c1.I. The van der Waals surface area contributed by atoms with Gasteiger partial charge in [0, 0.05) is 24.7 Å². The van der Waals surface area contributed by atoms with Gasteiger partial charge >= 0.3 is 0 Å². The Morgan fingerprint density at radius 2 is 1.88 bits per heavy atom. The van der Waals surface area contributed by atoms with Crippen molar-refractivity contribution >= 4 is 35.8 Å². The van der Waals surface area contributed by atoms with Crippen LogP contribution in [-0.4, -0.2) is 31.0 Å². The van der Waals surface area contributed by atoms with E-state index in [0.717, 1.165) is 24.5 Å². The highest BCUT2D eigenvalue weighted by Gasteiger charge is 2.09. The van der Waals surface area contributed by atoms with Crippen LogP contribution < -0.4 is 16.0 Å². The molecule has 1 rings (SSSR count). The van der Waals surface area contributed by atoms with Gasteiger partial charge in [0.25, 0.3) is 5.91 Å². The van der Waals surface area contributed by atoms with Gasteiger partial charge in [0.2, 0.25) is 0 Å². The molecule has 0 spiro atoms. The third kappa shape index (κ3) is 9.09. The minimum absolute atomic E-state index is 0. The van der Waals surface area contributed by atoms with Crippen molar-refractivity contribution in [3.05, 3.63) is 35.4 Å². The summed E-state index contributed by atoms with van der Waals surface area (Å²) >= 11 is 0. The Morgan fingerprint density at radius 1 is 1.16 bits per heavy atom. The van der Waals surface area contributed by atoms with E-state index in [1.165, 1.54) is 0 Å². The van der Waals surface area contributed by atoms with E-state index in [-0.39, 0.29) is 29.9 Å². The van der Waals surface area contributed by atoms with E-state index >= 15 is 0 Å². The maximum atomic E-state index is 12.0. The molecule has 0 fully saturated rings. The minimum Gasteiger partial charge on any atom is -0.357 e. The Hall–Kier alpha value is -1.31. The standard InChI is InChI=1S/C19H32N4O.HI/c1-6-11-21-18(24)17-10-8-9-16(12-17)13-22-19(20-7-2)23-15(5)14(3)4;/h8-10,12,14-15H,6-7,11,13H2,1-5H3,(H,21,24)(H2,20,22,23);1H. The van der Waals surface area contributed by atoms with Crippen molar-refractivity contribution in [2.45, 2.75) is 53.6 Å². The number of nitrogens with one attached hydrogen (secondary N) is 3. The van der Waals surface area contributed by atoms with Crippen LogP contribution >= 0.6 is 24.0 Å². The summed E-state index contributed by atoms with van der Waals surface area (Å²) < 4.78 is 0. The summed E-state index contributed by atoms with van der Waals surface area (Å²) in [5.41, 5.74) is 1.71. The van der Waals surface area contributed by atoms with Crippen LogP contribution in [0.5, 0.6) is 0 Å². The lowest BCUT2D eigenvalue weighted by Crippen LogP contribution is -2.44. The maximum Gasteiger partial charge on any atom is 0.251 e. The zero-order valence-corrected chi connectivity index (χ0v) is 18.4. The predicted molar refractivity (Wildman–Crippen MR) is 117 cm³/mol. The average Bonchev–Trinajstić information content (AvgIpc) is 2.57. The number of carbonyl (C=O) groups excluding carboxylic acids is 1. The van der Waals surface area contributed by atoms with Gasteiger partial charge in [-0.15, -0.1) is 24.0 Å². The molecule has 0 heterocycles. The fourth-order valence-corrected chi connectivity index (χ4v) is 2.02. The summed E-state index contributed by atoms with van der Waals surface area (Å²) in [6.07, 6.45) is 0.932. The van der Waals surface area contributed by atoms with Crippen molar-refractivity contribution in [2.75, 3.05) is 13.1 Å². The first-order valence-electron chi connectivity index (χ1n) is 8.89. The average molecular weight is 460 g/mol. The zero-order chi connectivity index (χ0) is 17.9. The molecule has 0 aliphatic rings. The first-order valence-corrected chi connectivity index (χ1v) is 8.89. The third-order valence-corrected chi connectivity index (χ3v) is 3.85. The lowest BCUT2D eigenvalue weighted by Gasteiger charge is -2.20. The minimum atomic E-state index is -0.0267. The van der Waals surface area contributed by atoms with Crippen LogP contribution in [0.4, 0.5) is 0 Å². The zero-order valence-electron chi connectivity index (χ0n) is 16.1. The van der Waals surface area contributed by atoms with Gasteiger partial charge in [-0.25, -0.2) is 4.99 Å². The molecule has 1 aromatic carbocycles. The molecular weight excluding hydrogens is 427 g/mol. The Kier molecular flexibility index (Phi) is 12.3. The molecule has 0 aliphatic heterocycles. The van der Waals surface area contributed by atoms with Gasteiger partial charge < -0.3 is 16.0 Å². The van der Waals surface area contributed by atoms with E-state index in [0.29, 0.717) is 30.6 Å². The molecule has 5 nitrogen and oxygen atoms in total. The Balaban J connectivity index is 0.00000576. The third-order valence-electron chi connectivity index (χ3n) is 3.85. The number of rotatable bonds is 8. The van der Waals surface area contributed by atoms with Gasteiger partial charge in [-0.05, 0) is 43.9 Å². The molecule has 0 aromatic heterocycles. The number of aliphatic imine (C=N–C) groups is 1. The first kappa shape index (κ1) is 23.7. The molecule has 1 atom stereocenters. The van der Waals surface area contributed by atoms with Crippen molar-refractivity contribution in [3.63, 3.8) is 0 Å². The highest BCUT2D eigenvalue weighted by molar-refractivity contribution is 14.0. The summed E-state index contributed by atoms with van der Waals surface area (Å²) in [6.45, 7) is 12.7. The lowest BCUT2D eigenvalue weighted by atomic mass is 10.1. The largest absolute Gasteiger partial charge is 0.357 e. The molecule has 25 heavy (non-hydrogen) atoms. The molecule has 0 aliphatic carbocycles. The van der Waals surface area contributed by atoms with E-state index in [1.807, 2.05) is 31.2 Å². The monoisotopic (exact) mass is 460 g/mol. The van der Waals surface area contributed by atoms with Gasteiger partial charge in [0.1, 0.15) is 0 Å². The molecule has 0 radical (unpaired) electrons. The summed E-state index contributed by atoms with van der Waals surface area (Å²) in [6, 6.07) is 7.99.